The molecule has 0 aliphatic heterocycles. The molecule has 1 aromatic rings. The average Bonchev–Trinajstić information content (AvgIpc) is 2.20. The average molecular weight is 233 g/mol. The smallest absolute Gasteiger partial charge is 0.437 e. The number of oxime groups is 1. The summed E-state index contributed by atoms with van der Waals surface area (Å²) in [7, 11) is 0. The highest BCUT2D eigenvalue weighted by atomic mass is 19.4. The summed E-state index contributed by atoms with van der Waals surface area (Å²) in [5.41, 5.74) is -1.53. The van der Waals surface area contributed by atoms with Crippen LogP contribution < -0.4 is 4.74 Å². The zero-order chi connectivity index (χ0) is 12.2. The molecule has 0 amide bonds. The van der Waals surface area contributed by atoms with Gasteiger partial charge in [0.15, 0.2) is 5.71 Å². The Morgan fingerprint density at radius 3 is 2.25 bits per heavy atom. The first kappa shape index (κ1) is 12.4. The number of nitrogens with zero attached hydrogens (tertiary/aromatic N) is 1. The minimum atomic E-state index is -4.68. The lowest BCUT2D eigenvalue weighted by molar-refractivity contribution is -0.0601. The summed E-state index contributed by atoms with van der Waals surface area (Å²) in [6.07, 6.45) is -4.68. The van der Waals surface area contributed by atoms with Gasteiger partial charge >= 0.3 is 6.18 Å². The summed E-state index contributed by atoms with van der Waals surface area (Å²) in [4.78, 5) is 0. The molecule has 1 rings (SSSR count). The van der Waals surface area contributed by atoms with Crippen molar-refractivity contribution in [1.82, 2.24) is 0 Å². The fourth-order valence-corrected chi connectivity index (χ4v) is 1.15. The van der Waals surface area contributed by atoms with Crippen LogP contribution in [0.2, 0.25) is 0 Å². The molecule has 0 saturated heterocycles. The normalized spacial score (nSPS) is 12.6. The van der Waals surface area contributed by atoms with E-state index in [-0.39, 0.29) is 5.56 Å². The minimum absolute atomic E-state index is 0.210. The third-order valence-electron chi connectivity index (χ3n) is 1.81. The molecule has 88 valence electrons. The molecule has 1 aromatic carbocycles. The molecule has 0 fully saturated rings. The van der Waals surface area contributed by atoms with E-state index < -0.39 is 11.9 Å². The van der Waals surface area contributed by atoms with E-state index in [4.69, 9.17) is 9.94 Å². The van der Waals surface area contributed by atoms with Crippen LogP contribution in [0, 0.1) is 0 Å². The Bertz CT molecular complexity index is 371. The topological polar surface area (TPSA) is 41.8 Å². The molecule has 0 radical (unpaired) electrons. The molecule has 0 unspecified atom stereocenters. The maximum atomic E-state index is 12.3. The van der Waals surface area contributed by atoms with Gasteiger partial charge in [0.2, 0.25) is 0 Å². The van der Waals surface area contributed by atoms with Crippen LogP contribution in [-0.4, -0.2) is 23.7 Å². The highest BCUT2D eigenvalue weighted by molar-refractivity contribution is 6.04. The van der Waals surface area contributed by atoms with Gasteiger partial charge in [0.05, 0.1) is 6.61 Å². The first-order valence-corrected chi connectivity index (χ1v) is 4.51. The van der Waals surface area contributed by atoms with Gasteiger partial charge in [-0.05, 0) is 31.2 Å². The zero-order valence-electron chi connectivity index (χ0n) is 8.45. The second kappa shape index (κ2) is 4.87. The first-order chi connectivity index (χ1) is 7.49. The Kier molecular flexibility index (Phi) is 3.76. The molecule has 0 atom stereocenters. The molecule has 0 aliphatic carbocycles. The number of benzene rings is 1. The summed E-state index contributed by atoms with van der Waals surface area (Å²) in [5, 5.41) is 10.6. The second-order valence-corrected chi connectivity index (χ2v) is 2.90. The molecule has 6 heteroatoms. The molecule has 0 aromatic heterocycles. The summed E-state index contributed by atoms with van der Waals surface area (Å²) in [6.45, 7) is 2.20. The van der Waals surface area contributed by atoms with E-state index in [9.17, 15) is 13.2 Å². The number of hydrogen-bond donors (Lipinski definition) is 1. The Balaban J connectivity index is 2.97. The van der Waals surface area contributed by atoms with Gasteiger partial charge in [0.25, 0.3) is 0 Å². The molecular weight excluding hydrogens is 223 g/mol. The van der Waals surface area contributed by atoms with E-state index in [0.717, 1.165) is 0 Å². The number of hydrogen-bond acceptors (Lipinski definition) is 3. The van der Waals surface area contributed by atoms with Crippen molar-refractivity contribution in [3.63, 3.8) is 0 Å². The lowest BCUT2D eigenvalue weighted by Gasteiger charge is -2.09. The van der Waals surface area contributed by atoms with Gasteiger partial charge < -0.3 is 9.94 Å². The van der Waals surface area contributed by atoms with Crippen molar-refractivity contribution < 1.29 is 23.1 Å². The quantitative estimate of drug-likeness (QED) is 0.495. The number of ether oxygens (including phenoxy) is 1. The Morgan fingerprint density at radius 1 is 1.31 bits per heavy atom. The zero-order valence-corrected chi connectivity index (χ0v) is 8.45. The molecule has 0 aliphatic rings. The van der Waals surface area contributed by atoms with Crippen LogP contribution in [0.15, 0.2) is 29.4 Å². The first-order valence-electron chi connectivity index (χ1n) is 4.51. The SMILES string of the molecule is CCOc1ccc(C(=NO)C(F)(F)F)cc1. The Morgan fingerprint density at radius 2 is 1.88 bits per heavy atom. The van der Waals surface area contributed by atoms with Gasteiger partial charge in [-0.3, -0.25) is 0 Å². The van der Waals surface area contributed by atoms with E-state index in [1.54, 1.807) is 6.92 Å². The monoisotopic (exact) mass is 233 g/mol. The molecule has 0 bridgehead atoms. The van der Waals surface area contributed by atoms with Crippen LogP contribution in [-0.2, 0) is 0 Å². The molecule has 0 spiro atoms. The molecule has 3 nitrogen and oxygen atoms in total. The van der Waals surface area contributed by atoms with Crippen LogP contribution in [0.1, 0.15) is 12.5 Å². The van der Waals surface area contributed by atoms with E-state index in [2.05, 4.69) is 5.16 Å². The maximum absolute atomic E-state index is 12.3. The Labute approximate surface area is 90.1 Å². The minimum Gasteiger partial charge on any atom is -0.494 e. The molecule has 0 heterocycles. The predicted molar refractivity (Wildman–Crippen MR) is 52.0 cm³/mol. The van der Waals surface area contributed by atoms with Crippen LogP contribution in [0.5, 0.6) is 5.75 Å². The molecule has 16 heavy (non-hydrogen) atoms. The lowest BCUT2D eigenvalue weighted by Crippen LogP contribution is -2.23. The highest BCUT2D eigenvalue weighted by Gasteiger charge is 2.37. The third-order valence-corrected chi connectivity index (χ3v) is 1.81. The van der Waals surface area contributed by atoms with Crippen LogP contribution in [0.25, 0.3) is 0 Å². The van der Waals surface area contributed by atoms with Gasteiger partial charge in [0.1, 0.15) is 5.75 Å². The lowest BCUT2D eigenvalue weighted by atomic mass is 10.1. The third kappa shape index (κ3) is 2.88. The molecule has 0 saturated carbocycles. The van der Waals surface area contributed by atoms with E-state index in [0.29, 0.717) is 12.4 Å². The van der Waals surface area contributed by atoms with Gasteiger partial charge in [0, 0.05) is 5.56 Å². The standard InChI is InChI=1S/C10H10F3NO2/c1-2-16-8-5-3-7(4-6-8)9(14-15)10(11,12)13/h3-6,15H,2H2,1H3. The highest BCUT2D eigenvalue weighted by Crippen LogP contribution is 2.23. The molecule has 1 N–H and O–H groups in total. The summed E-state index contributed by atoms with van der Waals surface area (Å²) in [6, 6.07) is 5.15. The number of alkyl halides is 3. The van der Waals surface area contributed by atoms with E-state index in [1.807, 2.05) is 0 Å². The van der Waals surface area contributed by atoms with Crippen molar-refractivity contribution in [2.75, 3.05) is 6.61 Å². The summed E-state index contributed by atoms with van der Waals surface area (Å²) < 4.78 is 42.1. The van der Waals surface area contributed by atoms with E-state index >= 15 is 0 Å². The largest absolute Gasteiger partial charge is 0.494 e. The van der Waals surface area contributed by atoms with Crippen molar-refractivity contribution in [2.24, 2.45) is 5.16 Å². The van der Waals surface area contributed by atoms with Crippen LogP contribution in [0.3, 0.4) is 0 Å². The van der Waals surface area contributed by atoms with Crippen molar-refractivity contribution >= 4 is 5.71 Å². The van der Waals surface area contributed by atoms with Crippen molar-refractivity contribution in [3.8, 4) is 5.75 Å². The predicted octanol–water partition coefficient (Wildman–Crippen LogP) is 2.83. The fourth-order valence-electron chi connectivity index (χ4n) is 1.15. The number of rotatable bonds is 3. The van der Waals surface area contributed by atoms with Crippen molar-refractivity contribution in [3.05, 3.63) is 29.8 Å². The van der Waals surface area contributed by atoms with Crippen molar-refractivity contribution in [2.45, 2.75) is 13.1 Å². The fraction of sp³-hybridized carbons (Fsp3) is 0.300. The summed E-state index contributed by atoms with van der Waals surface area (Å²) in [5.74, 6) is 0.464. The summed E-state index contributed by atoms with van der Waals surface area (Å²) >= 11 is 0. The van der Waals surface area contributed by atoms with Gasteiger partial charge in [-0.15, -0.1) is 0 Å². The Hall–Kier alpha value is -1.72. The number of halogens is 3. The molecular formula is C10H10F3NO2. The van der Waals surface area contributed by atoms with Gasteiger partial charge in [-0.2, -0.15) is 13.2 Å². The van der Waals surface area contributed by atoms with Gasteiger partial charge in [-0.1, -0.05) is 5.16 Å². The van der Waals surface area contributed by atoms with E-state index in [1.165, 1.54) is 24.3 Å². The van der Waals surface area contributed by atoms with Crippen molar-refractivity contribution in [1.29, 1.82) is 0 Å². The second-order valence-electron chi connectivity index (χ2n) is 2.90. The maximum Gasteiger partial charge on any atom is 0.437 e. The van der Waals surface area contributed by atoms with Crippen LogP contribution in [0.4, 0.5) is 13.2 Å². The van der Waals surface area contributed by atoms with Crippen LogP contribution >= 0.6 is 0 Å². The van der Waals surface area contributed by atoms with Gasteiger partial charge in [-0.25, -0.2) is 0 Å².